The van der Waals surface area contributed by atoms with Gasteiger partial charge in [-0.3, -0.25) is 0 Å². The maximum Gasteiger partial charge on any atom is 0.135 e. The summed E-state index contributed by atoms with van der Waals surface area (Å²) in [7, 11) is 0. The molecular formula is C45H34N2O. The summed E-state index contributed by atoms with van der Waals surface area (Å²) < 4.78 is 6.07. The van der Waals surface area contributed by atoms with E-state index in [9.17, 15) is 0 Å². The number of hydrogen-bond acceptors (Lipinski definition) is 3. The van der Waals surface area contributed by atoms with Crippen molar-refractivity contribution < 1.29 is 4.42 Å². The number of fused-ring (bicyclic) bond motifs is 4. The molecule has 230 valence electrons. The number of aromatic nitrogens is 1. The first-order chi connectivity index (χ1) is 23.7. The first-order valence-corrected chi connectivity index (χ1v) is 16.3. The van der Waals surface area contributed by atoms with Crippen LogP contribution in [0.1, 0.15) is 11.1 Å². The molecule has 0 saturated carbocycles. The highest BCUT2D eigenvalue weighted by Crippen LogP contribution is 2.37. The third-order valence-corrected chi connectivity index (χ3v) is 8.92. The predicted molar refractivity (Wildman–Crippen MR) is 203 cm³/mol. The summed E-state index contributed by atoms with van der Waals surface area (Å²) in [4.78, 5) is 7.57. The van der Waals surface area contributed by atoms with E-state index in [2.05, 4.69) is 157 Å². The van der Waals surface area contributed by atoms with Gasteiger partial charge >= 0.3 is 0 Å². The number of para-hydroxylation sites is 1. The molecule has 0 bridgehead atoms. The van der Waals surface area contributed by atoms with Crippen molar-refractivity contribution in [1.82, 2.24) is 4.98 Å². The van der Waals surface area contributed by atoms with Gasteiger partial charge in [0.25, 0.3) is 0 Å². The third-order valence-electron chi connectivity index (χ3n) is 8.92. The van der Waals surface area contributed by atoms with Gasteiger partial charge in [-0.25, -0.2) is 4.98 Å². The van der Waals surface area contributed by atoms with Crippen molar-refractivity contribution in [2.24, 2.45) is 0 Å². The molecule has 0 unspecified atom stereocenters. The van der Waals surface area contributed by atoms with Crippen molar-refractivity contribution in [3.05, 3.63) is 182 Å². The van der Waals surface area contributed by atoms with Crippen LogP contribution >= 0.6 is 0 Å². The van der Waals surface area contributed by atoms with Crippen molar-refractivity contribution in [2.45, 2.75) is 6.42 Å². The molecule has 6 aromatic carbocycles. The van der Waals surface area contributed by atoms with Gasteiger partial charge in [-0.2, -0.15) is 0 Å². The molecule has 0 fully saturated rings. The Hall–Kier alpha value is -6.19. The molecular weight excluding hydrogens is 585 g/mol. The maximum absolute atomic E-state index is 6.07. The molecule has 0 spiro atoms. The summed E-state index contributed by atoms with van der Waals surface area (Å²) in [6.07, 6.45) is 7.19. The summed E-state index contributed by atoms with van der Waals surface area (Å²) >= 11 is 0. The van der Waals surface area contributed by atoms with E-state index in [1.807, 2.05) is 24.3 Å². The molecule has 2 aromatic heterocycles. The molecule has 0 aliphatic rings. The lowest BCUT2D eigenvalue weighted by Gasteiger charge is -2.27. The minimum atomic E-state index is 0.610. The lowest BCUT2D eigenvalue weighted by atomic mass is 9.98. The topological polar surface area (TPSA) is 29.3 Å². The Morgan fingerprint density at radius 2 is 1.31 bits per heavy atom. The lowest BCUT2D eigenvalue weighted by Crippen LogP contribution is -2.20. The molecule has 3 heteroatoms. The van der Waals surface area contributed by atoms with Crippen LogP contribution in [0.5, 0.6) is 0 Å². The van der Waals surface area contributed by atoms with Crippen molar-refractivity contribution in [3.8, 4) is 22.4 Å². The van der Waals surface area contributed by atoms with Crippen molar-refractivity contribution in [1.29, 1.82) is 0 Å². The van der Waals surface area contributed by atoms with Gasteiger partial charge in [-0.1, -0.05) is 133 Å². The first-order valence-electron chi connectivity index (χ1n) is 16.3. The molecule has 8 rings (SSSR count). The van der Waals surface area contributed by atoms with E-state index >= 15 is 0 Å². The van der Waals surface area contributed by atoms with Gasteiger partial charge in [0, 0.05) is 28.6 Å². The summed E-state index contributed by atoms with van der Waals surface area (Å²) in [5.41, 5.74) is 9.62. The molecule has 8 aromatic rings. The van der Waals surface area contributed by atoms with Crippen LogP contribution in [0.4, 0.5) is 11.5 Å². The number of benzene rings is 6. The highest BCUT2D eigenvalue weighted by molar-refractivity contribution is 6.05. The van der Waals surface area contributed by atoms with Crippen molar-refractivity contribution in [3.63, 3.8) is 0 Å². The van der Waals surface area contributed by atoms with E-state index in [-0.39, 0.29) is 0 Å². The van der Waals surface area contributed by atoms with Crippen LogP contribution in [0.2, 0.25) is 0 Å². The van der Waals surface area contributed by atoms with Crippen LogP contribution in [0.25, 0.3) is 61.2 Å². The number of allylic oxidation sites excluding steroid dienone is 1. The number of nitrogens with zero attached hydrogens (tertiary/aromatic N) is 2. The zero-order valence-corrected chi connectivity index (χ0v) is 26.6. The zero-order chi connectivity index (χ0) is 32.3. The average Bonchev–Trinajstić information content (AvgIpc) is 3.52. The predicted octanol–water partition coefficient (Wildman–Crippen LogP) is 12.0. The Bertz CT molecular complexity index is 2360. The Labute approximate surface area is 280 Å². The monoisotopic (exact) mass is 618 g/mol. The second-order valence-electron chi connectivity index (χ2n) is 12.0. The largest absolute Gasteiger partial charge is 0.456 e. The molecule has 0 aliphatic carbocycles. The van der Waals surface area contributed by atoms with Gasteiger partial charge in [0.1, 0.15) is 17.0 Å². The molecule has 0 radical (unpaired) electrons. The zero-order valence-electron chi connectivity index (χ0n) is 26.6. The van der Waals surface area contributed by atoms with Gasteiger partial charge < -0.3 is 9.32 Å². The SMILES string of the molecule is C=CCN(c1cc(-c2ccccc2)cc(-c2ccccc2)n1)c1ccc2ccccc2c1C/C=C/c1ccc2oc3ccccc3c2c1. The average molecular weight is 619 g/mol. The molecule has 48 heavy (non-hydrogen) atoms. The minimum Gasteiger partial charge on any atom is -0.456 e. The molecule has 2 heterocycles. The van der Waals surface area contributed by atoms with Gasteiger partial charge in [-0.15, -0.1) is 6.58 Å². The van der Waals surface area contributed by atoms with Crippen LogP contribution in [0.15, 0.2) is 175 Å². The van der Waals surface area contributed by atoms with Crippen molar-refractivity contribution in [2.75, 3.05) is 11.4 Å². The normalized spacial score (nSPS) is 11.5. The third kappa shape index (κ3) is 5.67. The van der Waals surface area contributed by atoms with E-state index < -0.39 is 0 Å². The van der Waals surface area contributed by atoms with E-state index in [0.717, 1.165) is 67.8 Å². The number of furan rings is 1. The lowest BCUT2D eigenvalue weighted by molar-refractivity contribution is 0.669. The minimum absolute atomic E-state index is 0.610. The fraction of sp³-hybridized carbons (Fsp3) is 0.0444. The van der Waals surface area contributed by atoms with Crippen molar-refractivity contribution >= 4 is 50.3 Å². The fourth-order valence-electron chi connectivity index (χ4n) is 6.60. The maximum atomic E-state index is 6.07. The highest BCUT2D eigenvalue weighted by atomic mass is 16.3. The Kier molecular flexibility index (Phi) is 7.85. The number of rotatable bonds is 9. The summed E-state index contributed by atoms with van der Waals surface area (Å²) in [5.74, 6) is 0.882. The smallest absolute Gasteiger partial charge is 0.135 e. The van der Waals surface area contributed by atoms with Gasteiger partial charge in [0.05, 0.1) is 5.69 Å². The highest BCUT2D eigenvalue weighted by Gasteiger charge is 2.18. The van der Waals surface area contributed by atoms with Gasteiger partial charge in [0.15, 0.2) is 0 Å². The number of hydrogen-bond donors (Lipinski definition) is 0. The summed E-state index contributed by atoms with van der Waals surface area (Å²) in [5, 5.41) is 4.71. The Balaban J connectivity index is 1.23. The molecule has 0 atom stereocenters. The van der Waals surface area contributed by atoms with E-state index in [0.29, 0.717) is 6.54 Å². The Morgan fingerprint density at radius 1 is 0.604 bits per heavy atom. The van der Waals surface area contributed by atoms with Gasteiger partial charge in [-0.05, 0) is 75.8 Å². The molecule has 0 aliphatic heterocycles. The quantitative estimate of drug-likeness (QED) is 0.151. The second kappa shape index (κ2) is 12.9. The van der Waals surface area contributed by atoms with Crippen LogP contribution in [0.3, 0.4) is 0 Å². The molecule has 0 saturated heterocycles. The van der Waals surface area contributed by atoms with E-state index in [1.54, 1.807) is 0 Å². The van der Waals surface area contributed by atoms with E-state index in [1.165, 1.54) is 16.3 Å². The molecule has 3 nitrogen and oxygen atoms in total. The first kappa shape index (κ1) is 29.2. The van der Waals surface area contributed by atoms with Crippen LogP contribution in [-0.2, 0) is 6.42 Å². The van der Waals surface area contributed by atoms with Gasteiger partial charge in [0.2, 0.25) is 0 Å². The summed E-state index contributed by atoms with van der Waals surface area (Å²) in [6, 6.07) is 53.0. The number of anilines is 2. The summed E-state index contributed by atoms with van der Waals surface area (Å²) in [6.45, 7) is 4.77. The second-order valence-corrected chi connectivity index (χ2v) is 12.0. The Morgan fingerprint density at radius 3 is 2.12 bits per heavy atom. The molecule has 0 N–H and O–H groups in total. The molecule has 0 amide bonds. The van der Waals surface area contributed by atoms with Crippen LogP contribution in [0, 0.1) is 0 Å². The number of pyridine rings is 1. The standard InChI is InChI=1S/C45H34N2O/c1-2-28-47(45-31-36(33-15-5-3-6-16-33)30-41(46-45)35-18-7-4-8-19-35)42-26-25-34-17-9-10-20-37(34)38(42)22-13-14-32-24-27-44-40(29-32)39-21-11-12-23-43(39)48-44/h2-21,23-27,29-31H,1,22,28H2/b14-13+. The van der Waals surface area contributed by atoms with E-state index in [4.69, 9.17) is 9.40 Å². The fourth-order valence-corrected chi connectivity index (χ4v) is 6.60. The van der Waals surface area contributed by atoms with Crippen LogP contribution < -0.4 is 4.90 Å². The van der Waals surface area contributed by atoms with Crippen LogP contribution in [-0.4, -0.2) is 11.5 Å².